The largest absolute Gasteiger partial charge is 0.380 e. The zero-order chi connectivity index (χ0) is 13.0. The van der Waals surface area contributed by atoms with E-state index in [4.69, 9.17) is 0 Å². The number of anilines is 1. The topological polar surface area (TPSA) is 28.2 Å². The van der Waals surface area contributed by atoms with Crippen molar-refractivity contribution in [1.29, 1.82) is 0 Å². The second-order valence-electron chi connectivity index (χ2n) is 4.59. The molecule has 1 aromatic heterocycles. The van der Waals surface area contributed by atoms with E-state index >= 15 is 0 Å². The second-order valence-corrected chi connectivity index (χ2v) is 5.91. The summed E-state index contributed by atoms with van der Waals surface area (Å²) in [7, 11) is 4.17. The molecule has 0 spiro atoms. The fourth-order valence-corrected chi connectivity index (χ4v) is 2.58. The lowest BCUT2D eigenvalue weighted by atomic mass is 10.1. The average molecular weight is 261 g/mol. The number of para-hydroxylation sites is 1. The molecule has 0 saturated heterocycles. The number of thiazole rings is 1. The molecule has 0 radical (unpaired) electrons. The summed E-state index contributed by atoms with van der Waals surface area (Å²) >= 11 is 1.74. The van der Waals surface area contributed by atoms with Crippen LogP contribution in [0.3, 0.4) is 0 Å². The Morgan fingerprint density at radius 3 is 2.72 bits per heavy atom. The molecular weight excluding hydrogens is 242 g/mol. The number of hydrogen-bond donors (Lipinski definition) is 1. The van der Waals surface area contributed by atoms with E-state index in [0.717, 1.165) is 18.1 Å². The third-order valence-corrected chi connectivity index (χ3v) is 3.54. The zero-order valence-corrected chi connectivity index (χ0v) is 11.9. The van der Waals surface area contributed by atoms with Crippen molar-refractivity contribution in [3.8, 4) is 0 Å². The van der Waals surface area contributed by atoms with E-state index in [1.165, 1.54) is 16.1 Å². The van der Waals surface area contributed by atoms with Gasteiger partial charge in [-0.05, 0) is 32.6 Å². The number of nitrogens with one attached hydrogen (secondary N) is 1. The number of aromatic nitrogens is 1. The maximum absolute atomic E-state index is 4.27. The van der Waals surface area contributed by atoms with Crippen molar-refractivity contribution in [3.05, 3.63) is 45.9 Å². The van der Waals surface area contributed by atoms with Gasteiger partial charge in [-0.25, -0.2) is 4.98 Å². The van der Waals surface area contributed by atoms with Crippen LogP contribution in [-0.4, -0.2) is 24.0 Å². The Hall–Kier alpha value is -1.39. The molecule has 1 N–H and O–H groups in total. The van der Waals surface area contributed by atoms with Crippen LogP contribution in [0.5, 0.6) is 0 Å². The van der Waals surface area contributed by atoms with E-state index < -0.39 is 0 Å². The molecule has 18 heavy (non-hydrogen) atoms. The van der Waals surface area contributed by atoms with Gasteiger partial charge in [0.15, 0.2) is 0 Å². The summed E-state index contributed by atoms with van der Waals surface area (Å²) in [5.41, 5.74) is 2.53. The molecule has 4 heteroatoms. The van der Waals surface area contributed by atoms with Gasteiger partial charge in [0.1, 0.15) is 0 Å². The first kappa shape index (κ1) is 13.1. The average Bonchev–Trinajstić information content (AvgIpc) is 2.73. The minimum absolute atomic E-state index is 0.843. The molecule has 0 aliphatic rings. The van der Waals surface area contributed by atoms with Gasteiger partial charge < -0.3 is 10.2 Å². The molecule has 2 rings (SSSR count). The van der Waals surface area contributed by atoms with Crippen molar-refractivity contribution < 1.29 is 0 Å². The molecular formula is C14H19N3S. The highest BCUT2D eigenvalue weighted by Crippen LogP contribution is 2.19. The number of nitrogens with zero attached hydrogens (tertiary/aromatic N) is 2. The predicted molar refractivity (Wildman–Crippen MR) is 78.0 cm³/mol. The molecule has 0 aliphatic carbocycles. The third-order valence-electron chi connectivity index (χ3n) is 2.63. The van der Waals surface area contributed by atoms with Crippen LogP contribution < -0.4 is 5.32 Å². The molecule has 0 bridgehead atoms. The van der Waals surface area contributed by atoms with Crippen molar-refractivity contribution in [3.63, 3.8) is 0 Å². The summed E-state index contributed by atoms with van der Waals surface area (Å²) in [6, 6.07) is 8.45. The fraction of sp³-hybridized carbons (Fsp3) is 0.357. The summed E-state index contributed by atoms with van der Waals surface area (Å²) in [6.45, 7) is 3.83. The first-order valence-corrected chi connectivity index (χ1v) is 6.84. The molecule has 0 amide bonds. The van der Waals surface area contributed by atoms with Gasteiger partial charge in [-0.1, -0.05) is 18.2 Å². The van der Waals surface area contributed by atoms with Crippen LogP contribution in [0.2, 0.25) is 0 Å². The Kier molecular flexibility index (Phi) is 4.33. The quantitative estimate of drug-likeness (QED) is 0.896. The monoisotopic (exact) mass is 261 g/mol. The number of hydrogen-bond acceptors (Lipinski definition) is 4. The highest BCUT2D eigenvalue weighted by Gasteiger charge is 2.03. The van der Waals surface area contributed by atoms with Crippen molar-refractivity contribution in [2.75, 3.05) is 19.4 Å². The SMILES string of the molecule is Cc1ncc(CNc2ccccc2CN(C)C)s1. The van der Waals surface area contributed by atoms with Gasteiger partial charge in [0.05, 0.1) is 11.6 Å². The molecule has 0 fully saturated rings. The van der Waals surface area contributed by atoms with Gasteiger partial charge in [-0.2, -0.15) is 0 Å². The Bertz CT molecular complexity index is 505. The minimum Gasteiger partial charge on any atom is -0.380 e. The summed E-state index contributed by atoms with van der Waals surface area (Å²) in [5, 5.41) is 4.61. The maximum Gasteiger partial charge on any atom is 0.0897 e. The van der Waals surface area contributed by atoms with Gasteiger partial charge in [0.2, 0.25) is 0 Å². The molecule has 1 heterocycles. The molecule has 2 aromatic rings. The summed E-state index contributed by atoms with van der Waals surface area (Å²) < 4.78 is 0. The van der Waals surface area contributed by atoms with Crippen LogP contribution >= 0.6 is 11.3 Å². The van der Waals surface area contributed by atoms with Gasteiger partial charge in [0.25, 0.3) is 0 Å². The molecule has 0 unspecified atom stereocenters. The Morgan fingerprint density at radius 2 is 2.06 bits per heavy atom. The van der Waals surface area contributed by atoms with Gasteiger partial charge in [0, 0.05) is 23.3 Å². The fourth-order valence-electron chi connectivity index (χ4n) is 1.84. The second kappa shape index (κ2) is 5.98. The molecule has 0 atom stereocenters. The van der Waals surface area contributed by atoms with Crippen molar-refractivity contribution >= 4 is 17.0 Å². The normalized spacial score (nSPS) is 10.9. The molecule has 1 aromatic carbocycles. The lowest BCUT2D eigenvalue weighted by molar-refractivity contribution is 0.403. The maximum atomic E-state index is 4.27. The smallest absolute Gasteiger partial charge is 0.0897 e. The minimum atomic E-state index is 0.843. The van der Waals surface area contributed by atoms with Crippen LogP contribution in [-0.2, 0) is 13.1 Å². The first-order chi connectivity index (χ1) is 8.65. The van der Waals surface area contributed by atoms with Crippen molar-refractivity contribution in [2.45, 2.75) is 20.0 Å². The Morgan fingerprint density at radius 1 is 1.28 bits per heavy atom. The van der Waals surface area contributed by atoms with Crippen LogP contribution in [0.1, 0.15) is 15.4 Å². The molecule has 0 aliphatic heterocycles. The number of aryl methyl sites for hydroxylation is 1. The van der Waals surface area contributed by atoms with E-state index in [9.17, 15) is 0 Å². The first-order valence-electron chi connectivity index (χ1n) is 6.03. The van der Waals surface area contributed by atoms with Crippen molar-refractivity contribution in [1.82, 2.24) is 9.88 Å². The summed E-state index contributed by atoms with van der Waals surface area (Å²) in [6.07, 6.45) is 1.95. The number of rotatable bonds is 5. The van der Waals surface area contributed by atoms with Crippen molar-refractivity contribution in [2.24, 2.45) is 0 Å². The van der Waals surface area contributed by atoms with Gasteiger partial charge in [-0.3, -0.25) is 0 Å². The van der Waals surface area contributed by atoms with E-state index in [2.05, 4.69) is 53.6 Å². The summed E-state index contributed by atoms with van der Waals surface area (Å²) in [4.78, 5) is 7.72. The number of benzene rings is 1. The van der Waals surface area contributed by atoms with Crippen LogP contribution in [0.25, 0.3) is 0 Å². The molecule has 3 nitrogen and oxygen atoms in total. The predicted octanol–water partition coefficient (Wildman–Crippen LogP) is 3.13. The van der Waals surface area contributed by atoms with Gasteiger partial charge in [-0.15, -0.1) is 11.3 Å². The third kappa shape index (κ3) is 3.55. The lowest BCUT2D eigenvalue weighted by Gasteiger charge is -2.15. The zero-order valence-electron chi connectivity index (χ0n) is 11.1. The standard InChI is InChI=1S/C14H19N3S/c1-11-15-8-13(18-11)9-16-14-7-5-4-6-12(14)10-17(2)3/h4-8,16H,9-10H2,1-3H3. The molecule has 0 saturated carbocycles. The van der Waals surface area contributed by atoms with Gasteiger partial charge >= 0.3 is 0 Å². The van der Waals surface area contributed by atoms with Crippen LogP contribution in [0, 0.1) is 6.92 Å². The Labute approximate surface area is 112 Å². The van der Waals surface area contributed by atoms with E-state index in [-0.39, 0.29) is 0 Å². The van der Waals surface area contributed by atoms with E-state index in [0.29, 0.717) is 0 Å². The van der Waals surface area contributed by atoms with Crippen LogP contribution in [0.4, 0.5) is 5.69 Å². The highest BCUT2D eigenvalue weighted by atomic mass is 32.1. The van der Waals surface area contributed by atoms with E-state index in [1.807, 2.05) is 13.1 Å². The highest BCUT2D eigenvalue weighted by molar-refractivity contribution is 7.11. The molecule has 96 valence electrons. The Balaban J connectivity index is 2.04. The summed E-state index contributed by atoms with van der Waals surface area (Å²) in [5.74, 6) is 0. The van der Waals surface area contributed by atoms with Crippen LogP contribution in [0.15, 0.2) is 30.5 Å². The van der Waals surface area contributed by atoms with E-state index in [1.54, 1.807) is 11.3 Å². The lowest BCUT2D eigenvalue weighted by Crippen LogP contribution is -2.12.